The molecule has 2 aromatic carbocycles. The van der Waals surface area contributed by atoms with Crippen molar-refractivity contribution in [3.8, 4) is 0 Å². The van der Waals surface area contributed by atoms with Crippen LogP contribution in [0.15, 0.2) is 60.7 Å². The van der Waals surface area contributed by atoms with Crippen molar-refractivity contribution in [3.05, 3.63) is 71.8 Å². The molecule has 3 N–H and O–H groups in total. The van der Waals surface area contributed by atoms with Gasteiger partial charge in [0.05, 0.1) is 0 Å². The number of hydrazine groups is 1. The van der Waals surface area contributed by atoms with Crippen LogP contribution in [0.5, 0.6) is 0 Å². The molecule has 0 fully saturated rings. The first-order chi connectivity index (χ1) is 9.54. The fourth-order valence-corrected chi connectivity index (χ4v) is 2.74. The van der Waals surface area contributed by atoms with Gasteiger partial charge in [0.1, 0.15) is 0 Å². The topological polar surface area (TPSA) is 38.0 Å². The van der Waals surface area contributed by atoms with E-state index in [1.54, 1.807) is 0 Å². The maximum absolute atomic E-state index is 5.88. The van der Waals surface area contributed by atoms with Gasteiger partial charge in [-0.25, -0.2) is 0 Å². The van der Waals surface area contributed by atoms with Crippen molar-refractivity contribution in [2.75, 3.05) is 0 Å². The van der Waals surface area contributed by atoms with E-state index in [9.17, 15) is 0 Å². The lowest BCUT2D eigenvalue weighted by atomic mass is 9.73. The Kier molecular flexibility index (Phi) is 4.58. The minimum Gasteiger partial charge on any atom is -0.271 e. The molecule has 2 rings (SSSR count). The molecular weight excluding hydrogens is 244 g/mol. The van der Waals surface area contributed by atoms with E-state index in [1.165, 1.54) is 11.1 Å². The summed E-state index contributed by atoms with van der Waals surface area (Å²) in [4.78, 5) is 0. The quantitative estimate of drug-likeness (QED) is 0.655. The number of hydrogen-bond donors (Lipinski definition) is 2. The van der Waals surface area contributed by atoms with Gasteiger partial charge < -0.3 is 0 Å². The van der Waals surface area contributed by atoms with E-state index in [0.717, 1.165) is 0 Å². The smallest absolute Gasteiger partial charge is 0.0368 e. The summed E-state index contributed by atoms with van der Waals surface area (Å²) in [6.07, 6.45) is 0. The summed E-state index contributed by atoms with van der Waals surface area (Å²) < 4.78 is 0. The van der Waals surface area contributed by atoms with Crippen molar-refractivity contribution >= 4 is 0 Å². The summed E-state index contributed by atoms with van der Waals surface area (Å²) in [5, 5.41) is 0. The largest absolute Gasteiger partial charge is 0.271 e. The summed E-state index contributed by atoms with van der Waals surface area (Å²) in [6.45, 7) is 6.66. The average molecular weight is 268 g/mol. The lowest BCUT2D eigenvalue weighted by Crippen LogP contribution is -2.48. The average Bonchev–Trinajstić information content (AvgIpc) is 2.45. The van der Waals surface area contributed by atoms with Gasteiger partial charge in [-0.05, 0) is 16.5 Å². The Morgan fingerprint density at radius 3 is 1.50 bits per heavy atom. The van der Waals surface area contributed by atoms with Crippen molar-refractivity contribution in [1.29, 1.82) is 0 Å². The summed E-state index contributed by atoms with van der Waals surface area (Å²) in [5.74, 6) is 6.12. The highest BCUT2D eigenvalue weighted by Gasteiger charge is 2.33. The predicted octanol–water partition coefficient (Wildman–Crippen LogP) is 3.70. The van der Waals surface area contributed by atoms with Gasteiger partial charge >= 0.3 is 0 Å². The highest BCUT2D eigenvalue weighted by Crippen LogP contribution is 2.36. The molecule has 0 aromatic heterocycles. The Balaban J connectivity index is 2.50. The second kappa shape index (κ2) is 6.21. The van der Waals surface area contributed by atoms with Crippen LogP contribution in [-0.4, -0.2) is 6.04 Å². The first-order valence-electron chi connectivity index (χ1n) is 7.10. The van der Waals surface area contributed by atoms with E-state index >= 15 is 0 Å². The Morgan fingerprint density at radius 2 is 1.20 bits per heavy atom. The van der Waals surface area contributed by atoms with Crippen LogP contribution >= 0.6 is 0 Å². The lowest BCUT2D eigenvalue weighted by Gasteiger charge is -2.37. The molecule has 20 heavy (non-hydrogen) atoms. The van der Waals surface area contributed by atoms with Crippen LogP contribution in [0.2, 0.25) is 0 Å². The van der Waals surface area contributed by atoms with Crippen LogP contribution in [0.1, 0.15) is 37.8 Å². The Hall–Kier alpha value is -1.64. The molecule has 2 aromatic rings. The lowest BCUT2D eigenvalue weighted by molar-refractivity contribution is 0.248. The van der Waals surface area contributed by atoms with Gasteiger partial charge in [0, 0.05) is 12.0 Å². The van der Waals surface area contributed by atoms with Gasteiger partial charge in [-0.3, -0.25) is 11.3 Å². The van der Waals surface area contributed by atoms with Crippen LogP contribution in [0, 0.1) is 5.41 Å². The van der Waals surface area contributed by atoms with Crippen molar-refractivity contribution < 1.29 is 0 Å². The zero-order valence-electron chi connectivity index (χ0n) is 12.5. The third-order valence-electron chi connectivity index (χ3n) is 3.76. The van der Waals surface area contributed by atoms with Crippen LogP contribution in [0.4, 0.5) is 0 Å². The van der Waals surface area contributed by atoms with Crippen molar-refractivity contribution in [2.24, 2.45) is 11.3 Å². The second-order valence-corrected chi connectivity index (χ2v) is 6.31. The van der Waals surface area contributed by atoms with Gasteiger partial charge in [-0.2, -0.15) is 0 Å². The number of nitrogens with two attached hydrogens (primary N) is 1. The van der Waals surface area contributed by atoms with E-state index in [4.69, 9.17) is 5.84 Å². The van der Waals surface area contributed by atoms with E-state index in [0.29, 0.717) is 0 Å². The Morgan fingerprint density at radius 1 is 0.800 bits per heavy atom. The minimum atomic E-state index is 0.0606. The molecule has 106 valence electrons. The predicted molar refractivity (Wildman–Crippen MR) is 85.3 cm³/mol. The van der Waals surface area contributed by atoms with E-state index in [2.05, 4.69) is 74.7 Å². The maximum atomic E-state index is 5.88. The maximum Gasteiger partial charge on any atom is 0.0368 e. The molecule has 0 aliphatic heterocycles. The number of benzene rings is 2. The third kappa shape index (κ3) is 3.27. The minimum absolute atomic E-state index is 0.0606. The molecule has 2 heteroatoms. The summed E-state index contributed by atoms with van der Waals surface area (Å²) >= 11 is 0. The highest BCUT2D eigenvalue weighted by atomic mass is 15.2. The van der Waals surface area contributed by atoms with E-state index in [1.807, 2.05) is 12.1 Å². The molecule has 0 aliphatic carbocycles. The zero-order chi connectivity index (χ0) is 14.6. The van der Waals surface area contributed by atoms with Crippen LogP contribution < -0.4 is 11.3 Å². The van der Waals surface area contributed by atoms with Crippen molar-refractivity contribution in [3.63, 3.8) is 0 Å². The fraction of sp³-hybridized carbons (Fsp3) is 0.333. The van der Waals surface area contributed by atoms with Crippen LogP contribution in [0.3, 0.4) is 0 Å². The van der Waals surface area contributed by atoms with Crippen molar-refractivity contribution in [1.82, 2.24) is 5.43 Å². The number of hydrogen-bond acceptors (Lipinski definition) is 2. The third-order valence-corrected chi connectivity index (χ3v) is 3.76. The monoisotopic (exact) mass is 268 g/mol. The number of rotatable bonds is 4. The molecule has 0 bridgehead atoms. The molecule has 1 unspecified atom stereocenters. The molecule has 0 saturated carbocycles. The first kappa shape index (κ1) is 14.8. The summed E-state index contributed by atoms with van der Waals surface area (Å²) in [6, 6.07) is 21.3. The molecule has 0 spiro atoms. The van der Waals surface area contributed by atoms with Gasteiger partial charge in [0.15, 0.2) is 0 Å². The molecule has 1 atom stereocenters. The van der Waals surface area contributed by atoms with Gasteiger partial charge in [0.25, 0.3) is 0 Å². The second-order valence-electron chi connectivity index (χ2n) is 6.31. The highest BCUT2D eigenvalue weighted by molar-refractivity contribution is 5.35. The SMILES string of the molecule is CC(C)(C)C(NN)C(c1ccccc1)c1ccccc1. The van der Waals surface area contributed by atoms with Crippen LogP contribution in [0.25, 0.3) is 0 Å². The zero-order valence-corrected chi connectivity index (χ0v) is 12.5. The summed E-state index contributed by atoms with van der Waals surface area (Å²) in [7, 11) is 0. The van der Waals surface area contributed by atoms with Crippen LogP contribution in [-0.2, 0) is 0 Å². The van der Waals surface area contributed by atoms with Crippen molar-refractivity contribution in [2.45, 2.75) is 32.7 Å². The standard InChI is InChI=1S/C18H24N2/c1-18(2,3)17(20-19)16(14-10-6-4-7-11-14)15-12-8-5-9-13-15/h4-13,16-17,20H,19H2,1-3H3. The molecule has 2 nitrogen and oxygen atoms in total. The van der Waals surface area contributed by atoms with Gasteiger partial charge in [-0.1, -0.05) is 81.4 Å². The molecule has 0 radical (unpaired) electrons. The molecular formula is C18H24N2. The van der Waals surface area contributed by atoms with Gasteiger partial charge in [0.2, 0.25) is 0 Å². The van der Waals surface area contributed by atoms with Gasteiger partial charge in [-0.15, -0.1) is 0 Å². The normalized spacial score (nSPS) is 13.4. The Labute approximate surface area is 122 Å². The number of nitrogens with one attached hydrogen (secondary N) is 1. The molecule has 0 saturated heterocycles. The Bertz CT molecular complexity index is 475. The van der Waals surface area contributed by atoms with E-state index in [-0.39, 0.29) is 17.4 Å². The molecule has 0 heterocycles. The molecule has 0 amide bonds. The molecule has 0 aliphatic rings. The summed E-state index contributed by atoms with van der Waals surface area (Å²) in [5.41, 5.74) is 5.68. The fourth-order valence-electron chi connectivity index (χ4n) is 2.74. The first-order valence-corrected chi connectivity index (χ1v) is 7.10. The van der Waals surface area contributed by atoms with E-state index < -0.39 is 0 Å².